The number of benzene rings is 1. The normalized spacial score (nSPS) is 13.9. The van der Waals surface area contributed by atoms with E-state index < -0.39 is 25.9 Å². The van der Waals surface area contributed by atoms with Crippen LogP contribution in [0.3, 0.4) is 0 Å². The van der Waals surface area contributed by atoms with Crippen molar-refractivity contribution >= 4 is 19.9 Å². The standard InChI is InChI=1S/C13H17N3O5S2/c1-4-22(17,18)11-5-7-12(8-6-11)23(19,20)16-9(2)13-14-10(3)15-21-13/h5-9,16H,4H2,1-3H3. The predicted molar refractivity (Wildman–Crippen MR) is 81.9 cm³/mol. The van der Waals surface area contributed by atoms with Gasteiger partial charge < -0.3 is 4.52 Å². The van der Waals surface area contributed by atoms with Crippen LogP contribution in [0.5, 0.6) is 0 Å². The first-order chi connectivity index (χ1) is 10.7. The monoisotopic (exact) mass is 359 g/mol. The molecule has 1 N–H and O–H groups in total. The molecule has 1 heterocycles. The number of nitrogens with zero attached hydrogens (tertiary/aromatic N) is 2. The number of aryl methyl sites for hydroxylation is 1. The summed E-state index contributed by atoms with van der Waals surface area (Å²) in [7, 11) is -7.21. The highest BCUT2D eigenvalue weighted by Crippen LogP contribution is 2.18. The van der Waals surface area contributed by atoms with Crippen LogP contribution in [0.15, 0.2) is 38.6 Å². The summed E-state index contributed by atoms with van der Waals surface area (Å²) in [5.41, 5.74) is 0. The molecule has 1 unspecified atom stereocenters. The van der Waals surface area contributed by atoms with Crippen molar-refractivity contribution in [2.24, 2.45) is 0 Å². The Morgan fingerprint density at radius 1 is 1.13 bits per heavy atom. The van der Waals surface area contributed by atoms with Crippen molar-refractivity contribution < 1.29 is 21.4 Å². The van der Waals surface area contributed by atoms with E-state index in [2.05, 4.69) is 14.9 Å². The molecule has 1 atom stereocenters. The Kier molecular flexibility index (Phi) is 4.87. The molecule has 0 aliphatic carbocycles. The molecule has 0 aliphatic heterocycles. The van der Waals surface area contributed by atoms with Crippen molar-refractivity contribution in [3.8, 4) is 0 Å². The van der Waals surface area contributed by atoms with Gasteiger partial charge in [-0.15, -0.1) is 0 Å². The van der Waals surface area contributed by atoms with E-state index in [1.807, 2.05) is 0 Å². The van der Waals surface area contributed by atoms with Crippen LogP contribution in [0.1, 0.15) is 31.6 Å². The van der Waals surface area contributed by atoms with E-state index in [1.165, 1.54) is 31.2 Å². The molecule has 0 spiro atoms. The summed E-state index contributed by atoms with van der Waals surface area (Å²) in [5.74, 6) is 0.502. The Bertz CT molecular complexity index is 886. The number of sulfone groups is 1. The van der Waals surface area contributed by atoms with Crippen molar-refractivity contribution in [2.75, 3.05) is 5.75 Å². The Morgan fingerprint density at radius 2 is 1.70 bits per heavy atom. The van der Waals surface area contributed by atoms with Crippen LogP contribution in [0.4, 0.5) is 0 Å². The largest absolute Gasteiger partial charge is 0.338 e. The first-order valence-corrected chi connectivity index (χ1v) is 9.94. The number of sulfonamides is 1. The maximum absolute atomic E-state index is 12.3. The summed E-state index contributed by atoms with van der Waals surface area (Å²) in [6, 6.07) is 4.33. The van der Waals surface area contributed by atoms with E-state index in [-0.39, 0.29) is 21.4 Å². The van der Waals surface area contributed by atoms with Crippen molar-refractivity contribution in [2.45, 2.75) is 36.6 Å². The van der Waals surface area contributed by atoms with Gasteiger partial charge in [0.25, 0.3) is 0 Å². The molecule has 0 aliphatic rings. The average molecular weight is 359 g/mol. The lowest BCUT2D eigenvalue weighted by atomic mass is 10.4. The van der Waals surface area contributed by atoms with Crippen LogP contribution in [-0.4, -0.2) is 32.7 Å². The second-order valence-corrected chi connectivity index (χ2v) is 8.89. The van der Waals surface area contributed by atoms with Gasteiger partial charge in [-0.05, 0) is 38.1 Å². The summed E-state index contributed by atoms with van der Waals surface area (Å²) in [5, 5.41) is 3.60. The fourth-order valence-corrected chi connectivity index (χ4v) is 3.91. The lowest BCUT2D eigenvalue weighted by molar-refractivity contribution is 0.351. The lowest BCUT2D eigenvalue weighted by Gasteiger charge is -2.11. The Labute approximate surface area is 134 Å². The van der Waals surface area contributed by atoms with E-state index >= 15 is 0 Å². The third-order valence-corrected chi connectivity index (χ3v) is 6.43. The molecule has 0 radical (unpaired) electrons. The summed E-state index contributed by atoms with van der Waals surface area (Å²) >= 11 is 0. The van der Waals surface area contributed by atoms with Gasteiger partial charge in [-0.1, -0.05) is 12.1 Å². The molecule has 23 heavy (non-hydrogen) atoms. The second kappa shape index (κ2) is 6.38. The van der Waals surface area contributed by atoms with Gasteiger partial charge in [-0.3, -0.25) is 0 Å². The summed E-state index contributed by atoms with van der Waals surface area (Å²) < 4.78 is 55.4. The molecule has 126 valence electrons. The number of rotatable bonds is 6. The average Bonchev–Trinajstić information content (AvgIpc) is 2.94. The summed E-state index contributed by atoms with van der Waals surface area (Å²) in [6.45, 7) is 4.72. The molecule has 0 bridgehead atoms. The van der Waals surface area contributed by atoms with E-state index in [0.29, 0.717) is 5.82 Å². The quantitative estimate of drug-likeness (QED) is 0.823. The molecule has 1 aromatic heterocycles. The van der Waals surface area contributed by atoms with Gasteiger partial charge in [0.2, 0.25) is 15.9 Å². The van der Waals surface area contributed by atoms with Crippen LogP contribution in [0, 0.1) is 6.92 Å². The molecule has 2 aromatic rings. The fraction of sp³-hybridized carbons (Fsp3) is 0.385. The van der Waals surface area contributed by atoms with Gasteiger partial charge in [0.05, 0.1) is 21.6 Å². The number of hydrogen-bond acceptors (Lipinski definition) is 7. The maximum Gasteiger partial charge on any atom is 0.244 e. The molecule has 0 saturated heterocycles. The van der Waals surface area contributed by atoms with E-state index in [0.717, 1.165) is 0 Å². The number of hydrogen-bond donors (Lipinski definition) is 1. The molecule has 0 saturated carbocycles. The minimum atomic E-state index is -3.84. The number of nitrogens with one attached hydrogen (secondary N) is 1. The molecular formula is C13H17N3O5S2. The topological polar surface area (TPSA) is 119 Å². The molecule has 0 fully saturated rings. The Hall–Kier alpha value is -1.78. The summed E-state index contributed by atoms with van der Waals surface area (Å²) in [6.07, 6.45) is 0. The third-order valence-electron chi connectivity index (χ3n) is 3.12. The molecular weight excluding hydrogens is 342 g/mol. The van der Waals surface area contributed by atoms with Crippen LogP contribution in [0.25, 0.3) is 0 Å². The lowest BCUT2D eigenvalue weighted by Crippen LogP contribution is -2.27. The van der Waals surface area contributed by atoms with Crippen molar-refractivity contribution in [3.05, 3.63) is 36.0 Å². The maximum atomic E-state index is 12.3. The van der Waals surface area contributed by atoms with E-state index in [4.69, 9.17) is 4.52 Å². The van der Waals surface area contributed by atoms with Crippen LogP contribution >= 0.6 is 0 Å². The Morgan fingerprint density at radius 3 is 2.17 bits per heavy atom. The third kappa shape index (κ3) is 3.95. The zero-order valence-corrected chi connectivity index (χ0v) is 14.5. The second-order valence-electron chi connectivity index (χ2n) is 4.90. The highest BCUT2D eigenvalue weighted by molar-refractivity contribution is 7.91. The van der Waals surface area contributed by atoms with Crippen LogP contribution < -0.4 is 4.72 Å². The van der Waals surface area contributed by atoms with Crippen molar-refractivity contribution in [1.29, 1.82) is 0 Å². The molecule has 1 aromatic carbocycles. The Balaban J connectivity index is 2.23. The summed E-state index contributed by atoms with van der Waals surface area (Å²) in [4.78, 5) is 4.00. The minimum Gasteiger partial charge on any atom is -0.338 e. The first-order valence-electron chi connectivity index (χ1n) is 6.81. The van der Waals surface area contributed by atoms with Gasteiger partial charge in [-0.25, -0.2) is 16.8 Å². The minimum absolute atomic E-state index is 0.0457. The van der Waals surface area contributed by atoms with Crippen molar-refractivity contribution in [3.63, 3.8) is 0 Å². The molecule has 2 rings (SSSR count). The zero-order chi connectivity index (χ0) is 17.3. The van der Waals surface area contributed by atoms with Crippen molar-refractivity contribution in [1.82, 2.24) is 14.9 Å². The smallest absolute Gasteiger partial charge is 0.244 e. The van der Waals surface area contributed by atoms with E-state index in [1.54, 1.807) is 13.8 Å². The van der Waals surface area contributed by atoms with E-state index in [9.17, 15) is 16.8 Å². The van der Waals surface area contributed by atoms with Gasteiger partial charge in [0.15, 0.2) is 15.7 Å². The van der Waals surface area contributed by atoms with Gasteiger partial charge >= 0.3 is 0 Å². The number of aromatic nitrogens is 2. The molecule has 8 nitrogen and oxygen atoms in total. The molecule has 10 heteroatoms. The van der Waals surface area contributed by atoms with Crippen LogP contribution in [0.2, 0.25) is 0 Å². The zero-order valence-electron chi connectivity index (χ0n) is 12.8. The van der Waals surface area contributed by atoms with Gasteiger partial charge in [0.1, 0.15) is 0 Å². The molecule has 0 amide bonds. The predicted octanol–water partition coefficient (Wildman–Crippen LogP) is 1.21. The highest BCUT2D eigenvalue weighted by Gasteiger charge is 2.22. The fourth-order valence-electron chi connectivity index (χ4n) is 1.83. The van der Waals surface area contributed by atoms with Crippen LogP contribution in [-0.2, 0) is 19.9 Å². The van der Waals surface area contributed by atoms with Gasteiger partial charge in [0, 0.05) is 0 Å². The highest BCUT2D eigenvalue weighted by atomic mass is 32.2. The first kappa shape index (κ1) is 17.6. The van der Waals surface area contributed by atoms with Gasteiger partial charge in [-0.2, -0.15) is 9.71 Å². The SMILES string of the molecule is CCS(=O)(=O)c1ccc(S(=O)(=O)NC(C)c2nc(C)no2)cc1.